The number of nitrogens with zero attached hydrogens (tertiary/aromatic N) is 1. The van der Waals surface area contributed by atoms with Crippen LogP contribution in [0.15, 0.2) is 36.4 Å². The van der Waals surface area contributed by atoms with Crippen LogP contribution in [-0.4, -0.2) is 41.7 Å². The van der Waals surface area contributed by atoms with Crippen molar-refractivity contribution in [3.8, 4) is 0 Å². The average molecular weight is 437 g/mol. The minimum Gasteiger partial charge on any atom is -0.462 e. The second kappa shape index (κ2) is 8.19. The van der Waals surface area contributed by atoms with Crippen molar-refractivity contribution in [2.75, 3.05) is 18.5 Å². The van der Waals surface area contributed by atoms with Crippen LogP contribution in [0.3, 0.4) is 0 Å². The molecule has 0 unspecified atom stereocenters. The first-order chi connectivity index (χ1) is 15.5. The van der Waals surface area contributed by atoms with E-state index in [1.807, 2.05) is 6.92 Å². The average Bonchev–Trinajstić information content (AvgIpc) is 3.57. The fraction of sp³-hybridized carbons (Fsp3) is 0.520. The van der Waals surface area contributed by atoms with Crippen LogP contribution >= 0.6 is 0 Å². The fourth-order valence-corrected chi connectivity index (χ4v) is 5.76. The molecule has 1 aliphatic heterocycles. The molecule has 3 fully saturated rings. The van der Waals surface area contributed by atoms with Crippen LogP contribution in [0, 0.1) is 35.5 Å². The molecule has 168 valence electrons. The number of benzene rings is 1. The van der Waals surface area contributed by atoms with Gasteiger partial charge in [0.15, 0.2) is 0 Å². The van der Waals surface area contributed by atoms with Gasteiger partial charge in [0.1, 0.15) is 0 Å². The van der Waals surface area contributed by atoms with Crippen LogP contribution in [0.4, 0.5) is 5.69 Å². The number of esters is 1. The monoisotopic (exact) mass is 436 g/mol. The maximum Gasteiger partial charge on any atom is 0.338 e. The fourth-order valence-electron chi connectivity index (χ4n) is 5.76. The standard InChI is InChI=1S/C25H28N2O5/c1-2-3-12-32-25(31)14-4-6-15(7-5-14)26-20(28)10-11-27-23(29)21-16-8-9-17(19-13-18(16)19)22(21)24(27)30/h4-9,16-19,21-22H,2-3,10-13H2,1H3,(H,26,28)/t16-,17-,18-,19+,21-,22+/m0/s1. The van der Waals surface area contributed by atoms with Gasteiger partial charge in [0.2, 0.25) is 17.7 Å². The third-order valence-electron chi connectivity index (χ3n) is 7.45. The highest BCUT2D eigenvalue weighted by Crippen LogP contribution is 2.65. The number of rotatable bonds is 8. The molecule has 1 aromatic rings. The maximum atomic E-state index is 13.0. The zero-order chi connectivity index (χ0) is 22.4. The normalized spacial score (nSPS) is 31.3. The first kappa shape index (κ1) is 20.9. The SMILES string of the molecule is CCCCOC(=O)c1ccc(NC(=O)CCN2C(=O)[C@@H]3[C@H]4C=C[C@@H]([C@@H]5C[C@H]45)[C@@H]3C2=O)cc1. The van der Waals surface area contributed by atoms with E-state index in [9.17, 15) is 19.2 Å². The molecule has 7 nitrogen and oxygen atoms in total. The van der Waals surface area contributed by atoms with E-state index >= 15 is 0 Å². The largest absolute Gasteiger partial charge is 0.462 e. The molecule has 2 bridgehead atoms. The van der Waals surface area contributed by atoms with E-state index in [2.05, 4.69) is 17.5 Å². The Bertz CT molecular complexity index is 949. The van der Waals surface area contributed by atoms with Crippen molar-refractivity contribution in [1.29, 1.82) is 0 Å². The lowest BCUT2D eigenvalue weighted by Crippen LogP contribution is -2.40. The molecule has 1 saturated heterocycles. The number of likely N-dealkylation sites (tertiary alicyclic amines) is 1. The molecular weight excluding hydrogens is 408 g/mol. The summed E-state index contributed by atoms with van der Waals surface area (Å²) < 4.78 is 5.17. The van der Waals surface area contributed by atoms with E-state index in [0.29, 0.717) is 29.7 Å². The van der Waals surface area contributed by atoms with Crippen LogP contribution in [0.1, 0.15) is 43.0 Å². The summed E-state index contributed by atoms with van der Waals surface area (Å²) in [6.07, 6.45) is 7.24. The van der Waals surface area contributed by atoms with Gasteiger partial charge < -0.3 is 10.1 Å². The topological polar surface area (TPSA) is 92.8 Å². The van der Waals surface area contributed by atoms with Gasteiger partial charge in [-0.25, -0.2) is 4.79 Å². The quantitative estimate of drug-likeness (QED) is 0.293. The number of hydrogen-bond donors (Lipinski definition) is 1. The molecule has 1 heterocycles. The minimum atomic E-state index is -0.384. The number of anilines is 1. The van der Waals surface area contributed by atoms with Gasteiger partial charge in [-0.15, -0.1) is 0 Å². The molecule has 4 aliphatic carbocycles. The summed E-state index contributed by atoms with van der Waals surface area (Å²) in [4.78, 5) is 51.6. The van der Waals surface area contributed by atoms with Crippen molar-refractivity contribution in [3.63, 3.8) is 0 Å². The van der Waals surface area contributed by atoms with Gasteiger partial charge in [0.25, 0.3) is 0 Å². The summed E-state index contributed by atoms with van der Waals surface area (Å²) in [5.74, 6) is 0.189. The Balaban J connectivity index is 1.14. The van der Waals surface area contributed by atoms with E-state index in [1.165, 1.54) is 4.90 Å². The summed E-state index contributed by atoms with van der Waals surface area (Å²) >= 11 is 0. The lowest BCUT2D eigenvalue weighted by Gasteiger charge is -2.37. The molecule has 7 heteroatoms. The molecule has 0 radical (unpaired) electrons. The van der Waals surface area contributed by atoms with Gasteiger partial charge >= 0.3 is 5.97 Å². The predicted octanol–water partition coefficient (Wildman–Crippen LogP) is 3.03. The zero-order valence-electron chi connectivity index (χ0n) is 18.2. The van der Waals surface area contributed by atoms with Gasteiger partial charge in [-0.1, -0.05) is 25.5 Å². The Morgan fingerprint density at radius 3 is 2.25 bits per heavy atom. The van der Waals surface area contributed by atoms with Gasteiger partial charge in [0, 0.05) is 18.7 Å². The van der Waals surface area contributed by atoms with Gasteiger partial charge in [-0.3, -0.25) is 19.3 Å². The summed E-state index contributed by atoms with van der Waals surface area (Å²) in [5, 5.41) is 2.77. The first-order valence-electron chi connectivity index (χ1n) is 11.6. The third kappa shape index (κ3) is 3.53. The Hall–Kier alpha value is -2.96. The molecule has 3 amide bonds. The number of carbonyl (C=O) groups excluding carboxylic acids is 4. The zero-order valence-corrected chi connectivity index (χ0v) is 18.2. The Kier molecular flexibility index (Phi) is 5.35. The molecule has 2 saturated carbocycles. The third-order valence-corrected chi connectivity index (χ3v) is 7.45. The molecular formula is C25H28N2O5. The summed E-state index contributed by atoms with van der Waals surface area (Å²) in [7, 11) is 0. The minimum absolute atomic E-state index is 0.0490. The van der Waals surface area contributed by atoms with Gasteiger partial charge in [-0.05, 0) is 60.8 Å². The van der Waals surface area contributed by atoms with Crippen molar-refractivity contribution in [2.24, 2.45) is 35.5 Å². The summed E-state index contributed by atoms with van der Waals surface area (Å²) in [6, 6.07) is 6.50. The van der Waals surface area contributed by atoms with Crippen LogP contribution in [-0.2, 0) is 19.1 Å². The van der Waals surface area contributed by atoms with Crippen molar-refractivity contribution < 1.29 is 23.9 Å². The number of allylic oxidation sites excluding steroid dienone is 2. The molecule has 0 aromatic heterocycles. The number of hydrogen-bond acceptors (Lipinski definition) is 5. The molecule has 6 rings (SSSR count). The second-order valence-electron chi connectivity index (χ2n) is 9.35. The lowest BCUT2D eigenvalue weighted by atomic mass is 9.63. The van der Waals surface area contributed by atoms with E-state index in [4.69, 9.17) is 4.74 Å². The maximum absolute atomic E-state index is 13.0. The highest BCUT2D eigenvalue weighted by Gasteiger charge is 2.66. The smallest absolute Gasteiger partial charge is 0.338 e. The number of carbonyl (C=O) groups is 4. The number of ether oxygens (including phenoxy) is 1. The molecule has 32 heavy (non-hydrogen) atoms. The highest BCUT2D eigenvalue weighted by atomic mass is 16.5. The van der Waals surface area contributed by atoms with Crippen LogP contribution in [0.2, 0.25) is 0 Å². The number of amides is 3. The number of imide groups is 1. The van der Waals surface area contributed by atoms with Crippen LogP contribution < -0.4 is 5.32 Å². The van der Waals surface area contributed by atoms with Crippen molar-refractivity contribution in [1.82, 2.24) is 4.90 Å². The second-order valence-corrected chi connectivity index (χ2v) is 9.35. The Morgan fingerprint density at radius 2 is 1.66 bits per heavy atom. The van der Waals surface area contributed by atoms with Crippen molar-refractivity contribution >= 4 is 29.4 Å². The summed E-state index contributed by atoms with van der Waals surface area (Å²) in [5.41, 5.74) is 0.978. The van der Waals surface area contributed by atoms with E-state index in [0.717, 1.165) is 19.3 Å². The molecule has 6 atom stereocenters. The molecule has 1 aromatic carbocycles. The number of unbranched alkanes of at least 4 members (excludes halogenated alkanes) is 1. The van der Waals surface area contributed by atoms with E-state index < -0.39 is 0 Å². The van der Waals surface area contributed by atoms with Crippen LogP contribution in [0.5, 0.6) is 0 Å². The van der Waals surface area contributed by atoms with E-state index in [1.54, 1.807) is 24.3 Å². The molecule has 1 N–H and O–H groups in total. The lowest BCUT2D eigenvalue weighted by molar-refractivity contribution is -0.140. The van der Waals surface area contributed by atoms with Crippen LogP contribution in [0.25, 0.3) is 0 Å². The van der Waals surface area contributed by atoms with Crippen molar-refractivity contribution in [2.45, 2.75) is 32.6 Å². The van der Waals surface area contributed by atoms with E-state index in [-0.39, 0.29) is 60.3 Å². The highest BCUT2D eigenvalue weighted by molar-refractivity contribution is 6.06. The molecule has 5 aliphatic rings. The van der Waals surface area contributed by atoms with Gasteiger partial charge in [0.05, 0.1) is 24.0 Å². The van der Waals surface area contributed by atoms with Crippen molar-refractivity contribution in [3.05, 3.63) is 42.0 Å². The molecule has 0 spiro atoms. The predicted molar refractivity (Wildman–Crippen MR) is 116 cm³/mol. The van der Waals surface area contributed by atoms with Gasteiger partial charge in [-0.2, -0.15) is 0 Å². The Morgan fingerprint density at radius 1 is 1.03 bits per heavy atom. The Labute approximate surface area is 187 Å². The number of nitrogens with one attached hydrogen (secondary N) is 1. The first-order valence-corrected chi connectivity index (χ1v) is 11.6. The summed E-state index contributed by atoms with van der Waals surface area (Å²) in [6.45, 7) is 2.52.